The maximum Gasteiger partial charge on any atom is 0.348 e. The molecule has 4 aromatic rings. The second-order valence-electron chi connectivity index (χ2n) is 5.98. The molecule has 5 heteroatoms. The lowest BCUT2D eigenvalue weighted by molar-refractivity contribution is 0.112. The van der Waals surface area contributed by atoms with Crippen LogP contribution in [0.1, 0.15) is 15.9 Å². The van der Waals surface area contributed by atoms with E-state index in [1.165, 1.54) is 5.56 Å². The van der Waals surface area contributed by atoms with Crippen LogP contribution in [-0.4, -0.2) is 6.29 Å². The van der Waals surface area contributed by atoms with Gasteiger partial charge in [-0.25, -0.2) is 4.79 Å². The first kappa shape index (κ1) is 16.4. The Morgan fingerprint density at radius 1 is 1.00 bits per heavy atom. The van der Waals surface area contributed by atoms with Gasteiger partial charge in [-0.3, -0.25) is 4.79 Å². The van der Waals surface area contributed by atoms with Crippen molar-refractivity contribution in [1.29, 1.82) is 0 Å². The molecule has 0 spiro atoms. The second kappa shape index (κ2) is 6.65. The van der Waals surface area contributed by atoms with Gasteiger partial charge in [-0.15, -0.1) is 0 Å². The quantitative estimate of drug-likeness (QED) is 0.314. The summed E-state index contributed by atoms with van der Waals surface area (Å²) in [5, 5.41) is 5.90. The van der Waals surface area contributed by atoms with Crippen LogP contribution in [0.5, 0.6) is 0 Å². The molecule has 128 valence electrons. The molecule has 3 aromatic carbocycles. The van der Waals surface area contributed by atoms with Crippen molar-refractivity contribution >= 4 is 45.3 Å². The molecule has 0 aliphatic carbocycles. The van der Waals surface area contributed by atoms with Crippen LogP contribution in [0.4, 0.5) is 5.69 Å². The first-order valence-electron chi connectivity index (χ1n) is 8.09. The van der Waals surface area contributed by atoms with Gasteiger partial charge >= 0.3 is 5.63 Å². The molecular weight excluding hydrogens is 350 g/mol. The maximum atomic E-state index is 11.9. The molecule has 0 radical (unpaired) electrons. The van der Waals surface area contributed by atoms with Gasteiger partial charge in [-0.05, 0) is 40.6 Å². The fourth-order valence-electron chi connectivity index (χ4n) is 2.93. The van der Waals surface area contributed by atoms with E-state index in [1.54, 1.807) is 6.07 Å². The van der Waals surface area contributed by atoms with E-state index in [-0.39, 0.29) is 10.6 Å². The van der Waals surface area contributed by atoms with Gasteiger partial charge in [0.1, 0.15) is 11.1 Å². The Kier molecular flexibility index (Phi) is 4.19. The molecule has 0 aliphatic heterocycles. The van der Waals surface area contributed by atoms with Crippen LogP contribution in [0.2, 0.25) is 5.02 Å². The average molecular weight is 364 g/mol. The summed E-state index contributed by atoms with van der Waals surface area (Å²) in [6.45, 7) is 0.712. The zero-order valence-electron chi connectivity index (χ0n) is 13.7. The largest absolute Gasteiger partial charge is 0.422 e. The standard InChI is InChI=1S/C21H14ClNO3/c22-20-17-9-14-6-7-16(23-11-13-4-2-1-3-5-13)8-15(14)10-19(17)26-21(25)18(20)12-24/h1-10,12,23H,11H2. The highest BCUT2D eigenvalue weighted by Gasteiger charge is 2.13. The van der Waals surface area contributed by atoms with E-state index in [9.17, 15) is 9.59 Å². The lowest BCUT2D eigenvalue weighted by Crippen LogP contribution is -2.07. The highest BCUT2D eigenvalue weighted by Crippen LogP contribution is 2.30. The molecule has 0 unspecified atom stereocenters. The minimum Gasteiger partial charge on any atom is -0.422 e. The van der Waals surface area contributed by atoms with Crippen LogP contribution in [-0.2, 0) is 6.54 Å². The predicted molar refractivity (Wildman–Crippen MR) is 104 cm³/mol. The zero-order chi connectivity index (χ0) is 18.1. The smallest absolute Gasteiger partial charge is 0.348 e. The zero-order valence-corrected chi connectivity index (χ0v) is 14.4. The third-order valence-corrected chi connectivity index (χ3v) is 4.70. The molecule has 0 atom stereocenters. The summed E-state index contributed by atoms with van der Waals surface area (Å²) in [5.41, 5.74) is 1.62. The summed E-state index contributed by atoms with van der Waals surface area (Å²) in [6.07, 6.45) is 0.425. The molecule has 26 heavy (non-hydrogen) atoms. The van der Waals surface area contributed by atoms with Crippen molar-refractivity contribution in [2.45, 2.75) is 6.54 Å². The number of hydrogen-bond donors (Lipinski definition) is 1. The number of carbonyl (C=O) groups is 1. The van der Waals surface area contributed by atoms with Crippen LogP contribution in [0, 0.1) is 0 Å². The Bertz CT molecular complexity index is 1180. The highest BCUT2D eigenvalue weighted by atomic mass is 35.5. The van der Waals surface area contributed by atoms with E-state index < -0.39 is 5.63 Å². The van der Waals surface area contributed by atoms with Crippen molar-refractivity contribution in [1.82, 2.24) is 0 Å². The summed E-state index contributed by atoms with van der Waals surface area (Å²) in [7, 11) is 0. The van der Waals surface area contributed by atoms with Crippen LogP contribution < -0.4 is 10.9 Å². The fourth-order valence-corrected chi connectivity index (χ4v) is 3.20. The Labute approximate surface area is 154 Å². The van der Waals surface area contributed by atoms with E-state index >= 15 is 0 Å². The second-order valence-corrected chi connectivity index (χ2v) is 6.36. The number of hydrogen-bond acceptors (Lipinski definition) is 4. The van der Waals surface area contributed by atoms with Crippen molar-refractivity contribution in [2.75, 3.05) is 5.32 Å². The molecule has 1 N–H and O–H groups in total. The van der Waals surface area contributed by atoms with E-state index in [1.807, 2.05) is 42.5 Å². The van der Waals surface area contributed by atoms with Gasteiger partial charge in [0.15, 0.2) is 6.29 Å². The van der Waals surface area contributed by atoms with Crippen molar-refractivity contribution in [3.8, 4) is 0 Å². The van der Waals surface area contributed by atoms with Crippen LogP contribution in [0.3, 0.4) is 0 Å². The predicted octanol–water partition coefficient (Wildman–Crippen LogP) is 5.02. The number of carbonyl (C=O) groups excluding carboxylic acids is 1. The summed E-state index contributed by atoms with van der Waals surface area (Å²) in [5.74, 6) is 0. The Morgan fingerprint density at radius 3 is 2.58 bits per heavy atom. The molecular formula is C21H14ClNO3. The SMILES string of the molecule is O=Cc1c(Cl)c2cc3ccc(NCc4ccccc4)cc3cc2oc1=O. The van der Waals surface area contributed by atoms with Gasteiger partial charge < -0.3 is 9.73 Å². The van der Waals surface area contributed by atoms with E-state index in [0.29, 0.717) is 23.8 Å². The summed E-state index contributed by atoms with van der Waals surface area (Å²) >= 11 is 6.19. The molecule has 4 nitrogen and oxygen atoms in total. The number of halogens is 1. The minimum atomic E-state index is -0.727. The normalized spacial score (nSPS) is 11.0. The maximum absolute atomic E-state index is 11.9. The van der Waals surface area contributed by atoms with E-state index in [0.717, 1.165) is 16.5 Å². The minimum absolute atomic E-state index is 0.124. The van der Waals surface area contributed by atoms with E-state index in [2.05, 4.69) is 17.4 Å². The van der Waals surface area contributed by atoms with Gasteiger partial charge in [0.25, 0.3) is 0 Å². The van der Waals surface area contributed by atoms with Crippen molar-refractivity contribution in [2.24, 2.45) is 0 Å². The first-order chi connectivity index (χ1) is 12.7. The first-order valence-corrected chi connectivity index (χ1v) is 8.46. The molecule has 0 aliphatic rings. The van der Waals surface area contributed by atoms with Gasteiger partial charge in [-0.2, -0.15) is 0 Å². The van der Waals surface area contributed by atoms with Crippen LogP contribution in [0.15, 0.2) is 69.9 Å². The molecule has 1 heterocycles. The number of aldehydes is 1. The van der Waals surface area contributed by atoms with Gasteiger partial charge in [0.2, 0.25) is 0 Å². The summed E-state index contributed by atoms with van der Waals surface area (Å²) in [4.78, 5) is 22.9. The topological polar surface area (TPSA) is 59.3 Å². The molecule has 0 saturated heterocycles. The Hall–Kier alpha value is -3.11. The number of fused-ring (bicyclic) bond motifs is 2. The number of rotatable bonds is 4. The Balaban J connectivity index is 1.75. The molecule has 0 fully saturated rings. The van der Waals surface area contributed by atoms with E-state index in [4.69, 9.17) is 16.0 Å². The van der Waals surface area contributed by atoms with Crippen molar-refractivity contribution < 1.29 is 9.21 Å². The van der Waals surface area contributed by atoms with Crippen LogP contribution in [0.25, 0.3) is 21.7 Å². The monoisotopic (exact) mass is 363 g/mol. The highest BCUT2D eigenvalue weighted by molar-refractivity contribution is 6.37. The number of benzene rings is 3. The fraction of sp³-hybridized carbons (Fsp3) is 0.0476. The molecule has 0 saturated carbocycles. The molecule has 0 bridgehead atoms. The molecule has 0 amide bonds. The third-order valence-electron chi connectivity index (χ3n) is 4.29. The lowest BCUT2D eigenvalue weighted by Gasteiger charge is -2.09. The Morgan fingerprint density at radius 2 is 1.81 bits per heavy atom. The summed E-state index contributed by atoms with van der Waals surface area (Å²) < 4.78 is 5.25. The third kappa shape index (κ3) is 2.95. The van der Waals surface area contributed by atoms with Crippen molar-refractivity contribution in [3.05, 3.63) is 87.2 Å². The van der Waals surface area contributed by atoms with Crippen LogP contribution >= 0.6 is 11.6 Å². The summed E-state index contributed by atoms with van der Waals surface area (Å²) in [6, 6.07) is 19.6. The molecule has 1 aromatic heterocycles. The number of anilines is 1. The van der Waals surface area contributed by atoms with Gasteiger partial charge in [0.05, 0.1) is 5.02 Å². The number of nitrogens with one attached hydrogen (secondary N) is 1. The van der Waals surface area contributed by atoms with Gasteiger partial charge in [-0.1, -0.05) is 48.0 Å². The molecule has 4 rings (SSSR count). The van der Waals surface area contributed by atoms with Gasteiger partial charge in [0, 0.05) is 17.6 Å². The average Bonchev–Trinajstić information content (AvgIpc) is 2.66. The lowest BCUT2D eigenvalue weighted by atomic mass is 10.1. The van der Waals surface area contributed by atoms with Crippen molar-refractivity contribution in [3.63, 3.8) is 0 Å².